The van der Waals surface area contributed by atoms with E-state index >= 15 is 0 Å². The summed E-state index contributed by atoms with van der Waals surface area (Å²) in [5.74, 6) is 2.50. The van der Waals surface area contributed by atoms with Crippen molar-refractivity contribution < 1.29 is 9.47 Å². The summed E-state index contributed by atoms with van der Waals surface area (Å²) in [5.41, 5.74) is 6.57. The fourth-order valence-corrected chi connectivity index (χ4v) is 4.71. The molecule has 204 valence electrons. The number of rotatable bonds is 7. The SMILES string of the molecule is COc1cc(N2CCOCC2)ccc1N/C(C)=N/c1c(C=C(C)C)cc(-c2cnn(C)c2)n1CC(C)(C)C. The summed E-state index contributed by atoms with van der Waals surface area (Å²) in [6.07, 6.45) is 6.17. The fraction of sp³-hybridized carbons (Fsp3) is 0.467. The number of hydrogen-bond acceptors (Lipinski definition) is 5. The Bertz CT molecular complexity index is 1310. The number of benzene rings is 1. The normalized spacial score (nSPS) is 14.5. The third-order valence-electron chi connectivity index (χ3n) is 6.32. The number of morpholine rings is 1. The number of ether oxygens (including phenoxy) is 2. The lowest BCUT2D eigenvalue weighted by Crippen LogP contribution is -2.36. The largest absolute Gasteiger partial charge is 0.494 e. The molecular formula is C30H42N6O2. The predicted octanol–water partition coefficient (Wildman–Crippen LogP) is 6.37. The second kappa shape index (κ2) is 11.5. The lowest BCUT2D eigenvalue weighted by Gasteiger charge is -2.29. The maximum absolute atomic E-state index is 5.76. The Labute approximate surface area is 227 Å². The first-order valence-electron chi connectivity index (χ1n) is 13.2. The maximum Gasteiger partial charge on any atom is 0.144 e. The highest BCUT2D eigenvalue weighted by Gasteiger charge is 2.22. The number of methoxy groups -OCH3 is 1. The molecule has 1 fully saturated rings. The molecule has 1 N–H and O–H groups in total. The molecule has 0 atom stereocenters. The average Bonchev–Trinajstić information content (AvgIpc) is 3.42. The van der Waals surface area contributed by atoms with Gasteiger partial charge in [0, 0.05) is 55.8 Å². The van der Waals surface area contributed by atoms with Gasteiger partial charge in [-0.25, -0.2) is 4.99 Å². The lowest BCUT2D eigenvalue weighted by atomic mass is 9.96. The third kappa shape index (κ3) is 6.67. The molecule has 1 saturated heterocycles. The highest BCUT2D eigenvalue weighted by molar-refractivity contribution is 5.97. The van der Waals surface area contributed by atoms with Crippen LogP contribution in [0.4, 0.5) is 17.2 Å². The van der Waals surface area contributed by atoms with Crippen molar-refractivity contribution in [2.75, 3.05) is 43.6 Å². The van der Waals surface area contributed by atoms with Crippen LogP contribution in [0.25, 0.3) is 17.3 Å². The van der Waals surface area contributed by atoms with E-state index in [4.69, 9.17) is 14.5 Å². The van der Waals surface area contributed by atoms with Crippen LogP contribution in [0.15, 0.2) is 47.2 Å². The molecule has 1 aromatic carbocycles. The van der Waals surface area contributed by atoms with Crippen LogP contribution < -0.4 is 15.0 Å². The van der Waals surface area contributed by atoms with E-state index in [-0.39, 0.29) is 5.41 Å². The number of nitrogens with zero attached hydrogens (tertiary/aromatic N) is 5. The molecule has 0 bridgehead atoms. The minimum Gasteiger partial charge on any atom is -0.494 e. The minimum absolute atomic E-state index is 0.0579. The zero-order valence-electron chi connectivity index (χ0n) is 24.1. The first-order valence-corrected chi connectivity index (χ1v) is 13.2. The van der Waals surface area contributed by atoms with Gasteiger partial charge in [-0.05, 0) is 44.4 Å². The molecule has 0 saturated carbocycles. The van der Waals surface area contributed by atoms with Gasteiger partial charge < -0.3 is 24.3 Å². The van der Waals surface area contributed by atoms with E-state index in [1.165, 1.54) is 5.57 Å². The summed E-state index contributed by atoms with van der Waals surface area (Å²) in [7, 11) is 3.65. The highest BCUT2D eigenvalue weighted by atomic mass is 16.5. The van der Waals surface area contributed by atoms with E-state index in [9.17, 15) is 0 Å². The molecule has 1 aliphatic heterocycles. The second-order valence-corrected chi connectivity index (χ2v) is 11.4. The highest BCUT2D eigenvalue weighted by Crippen LogP contribution is 2.36. The molecule has 4 rings (SSSR count). The van der Waals surface area contributed by atoms with Crippen LogP contribution in [0.5, 0.6) is 5.75 Å². The first-order chi connectivity index (χ1) is 18.0. The van der Waals surface area contributed by atoms with Gasteiger partial charge in [-0.15, -0.1) is 0 Å². The van der Waals surface area contributed by atoms with Crippen LogP contribution in [-0.2, 0) is 18.3 Å². The van der Waals surface area contributed by atoms with Crippen molar-refractivity contribution in [1.82, 2.24) is 14.3 Å². The van der Waals surface area contributed by atoms with Gasteiger partial charge in [-0.2, -0.15) is 5.10 Å². The smallest absolute Gasteiger partial charge is 0.144 e. The van der Waals surface area contributed by atoms with Crippen molar-refractivity contribution in [3.63, 3.8) is 0 Å². The zero-order valence-corrected chi connectivity index (χ0v) is 24.1. The van der Waals surface area contributed by atoms with Crippen LogP contribution in [0.2, 0.25) is 0 Å². The first kappa shape index (κ1) is 27.5. The van der Waals surface area contributed by atoms with E-state index in [1.807, 2.05) is 24.9 Å². The van der Waals surface area contributed by atoms with Gasteiger partial charge in [0.25, 0.3) is 0 Å². The van der Waals surface area contributed by atoms with Gasteiger partial charge in [-0.1, -0.05) is 32.4 Å². The number of anilines is 2. The second-order valence-electron chi connectivity index (χ2n) is 11.4. The van der Waals surface area contributed by atoms with Crippen molar-refractivity contribution in [3.05, 3.63) is 47.8 Å². The van der Waals surface area contributed by atoms with E-state index < -0.39 is 0 Å². The number of allylic oxidation sites excluding steroid dienone is 1. The summed E-state index contributed by atoms with van der Waals surface area (Å²) >= 11 is 0. The van der Waals surface area contributed by atoms with Crippen molar-refractivity contribution in [1.29, 1.82) is 0 Å². The molecule has 2 aromatic heterocycles. The Kier molecular flexibility index (Phi) is 8.31. The summed E-state index contributed by atoms with van der Waals surface area (Å²) in [6.45, 7) is 17.1. The van der Waals surface area contributed by atoms with Crippen molar-refractivity contribution >= 4 is 29.1 Å². The van der Waals surface area contributed by atoms with Gasteiger partial charge in [0.15, 0.2) is 0 Å². The third-order valence-corrected chi connectivity index (χ3v) is 6.32. The van der Waals surface area contributed by atoms with Gasteiger partial charge in [0.2, 0.25) is 0 Å². The number of aryl methyl sites for hydroxylation is 1. The fourth-order valence-electron chi connectivity index (χ4n) is 4.71. The molecule has 1 aliphatic rings. The molecule has 3 heterocycles. The Morgan fingerprint density at radius 2 is 1.89 bits per heavy atom. The zero-order chi connectivity index (χ0) is 27.4. The average molecular weight is 519 g/mol. The molecule has 3 aromatic rings. The Morgan fingerprint density at radius 1 is 1.16 bits per heavy atom. The van der Waals surface area contributed by atoms with Gasteiger partial charge >= 0.3 is 0 Å². The number of aliphatic imine (C=N–C) groups is 1. The number of nitrogens with one attached hydrogen (secondary N) is 1. The summed E-state index contributed by atoms with van der Waals surface area (Å²) in [6, 6.07) is 8.49. The van der Waals surface area contributed by atoms with Crippen LogP contribution in [0.1, 0.15) is 47.1 Å². The van der Waals surface area contributed by atoms with Gasteiger partial charge in [0.05, 0.1) is 37.9 Å². The molecule has 8 heteroatoms. The summed E-state index contributed by atoms with van der Waals surface area (Å²) in [5, 5.41) is 7.92. The molecule has 0 amide bonds. The Hall–Kier alpha value is -3.52. The molecule has 0 radical (unpaired) electrons. The van der Waals surface area contributed by atoms with Gasteiger partial charge in [0.1, 0.15) is 17.4 Å². The molecule has 0 spiro atoms. The van der Waals surface area contributed by atoms with E-state index in [0.29, 0.717) is 0 Å². The maximum atomic E-state index is 5.76. The number of hydrogen-bond donors (Lipinski definition) is 1. The van der Waals surface area contributed by atoms with Crippen molar-refractivity contribution in [3.8, 4) is 17.0 Å². The van der Waals surface area contributed by atoms with Crippen molar-refractivity contribution in [2.45, 2.75) is 48.1 Å². The Balaban J connectivity index is 1.73. The molecule has 8 nitrogen and oxygen atoms in total. The van der Waals surface area contributed by atoms with Gasteiger partial charge in [-0.3, -0.25) is 4.68 Å². The standard InChI is InChI=1S/C30H42N6O2/c1-21(2)15-23-16-27(24-18-31-34(7)19-24)36(20-30(4,5)6)29(23)33-22(3)32-26-10-9-25(17-28(26)37-8)35-11-13-38-14-12-35/h9-10,15-19H,11-14,20H2,1-8H3,(H,32,33). The number of amidine groups is 1. The van der Waals surface area contributed by atoms with Crippen LogP contribution >= 0.6 is 0 Å². The molecule has 0 aliphatic carbocycles. The predicted molar refractivity (Wildman–Crippen MR) is 158 cm³/mol. The van der Waals surface area contributed by atoms with E-state index in [1.54, 1.807) is 7.11 Å². The van der Waals surface area contributed by atoms with Crippen LogP contribution in [0.3, 0.4) is 0 Å². The van der Waals surface area contributed by atoms with E-state index in [2.05, 4.69) is 91.0 Å². The molecule has 0 unspecified atom stereocenters. The summed E-state index contributed by atoms with van der Waals surface area (Å²) < 4.78 is 15.4. The van der Waals surface area contributed by atoms with E-state index in [0.717, 1.165) is 78.4 Å². The van der Waals surface area contributed by atoms with Crippen LogP contribution in [0, 0.1) is 5.41 Å². The topological polar surface area (TPSA) is 68.8 Å². The number of aromatic nitrogens is 3. The molecule has 38 heavy (non-hydrogen) atoms. The monoisotopic (exact) mass is 518 g/mol. The lowest BCUT2D eigenvalue weighted by molar-refractivity contribution is 0.122. The quantitative estimate of drug-likeness (QED) is 0.291. The Morgan fingerprint density at radius 3 is 2.50 bits per heavy atom. The van der Waals surface area contributed by atoms with Crippen LogP contribution in [-0.4, -0.2) is 53.6 Å². The minimum atomic E-state index is 0.0579. The van der Waals surface area contributed by atoms with Crippen molar-refractivity contribution in [2.24, 2.45) is 17.5 Å². The molecular weight excluding hydrogens is 476 g/mol. The summed E-state index contributed by atoms with van der Waals surface area (Å²) in [4.78, 5) is 7.47.